The number of anilines is 1. The number of carbonyl (C=O) groups excluding carboxylic acids is 1. The molecule has 0 bridgehead atoms. The summed E-state index contributed by atoms with van der Waals surface area (Å²) in [6.07, 6.45) is 5.35. The number of nitrogens with two attached hydrogens (primary N) is 1. The van der Waals surface area contributed by atoms with Crippen LogP contribution < -0.4 is 11.1 Å². The number of carbonyl (C=O) groups is 1. The van der Waals surface area contributed by atoms with Gasteiger partial charge in [0.15, 0.2) is 11.5 Å². The Morgan fingerprint density at radius 3 is 2.47 bits per heavy atom. The van der Waals surface area contributed by atoms with Gasteiger partial charge in [0.05, 0.1) is 32.5 Å². The Kier molecular flexibility index (Phi) is 5.82. The van der Waals surface area contributed by atoms with Crippen LogP contribution >= 0.6 is 23.2 Å². The Morgan fingerprint density at radius 2 is 1.83 bits per heavy atom. The van der Waals surface area contributed by atoms with Crippen LogP contribution in [-0.2, 0) is 0 Å². The summed E-state index contributed by atoms with van der Waals surface area (Å²) in [5.41, 5.74) is 9.78. The molecule has 1 aliphatic carbocycles. The lowest BCUT2D eigenvalue weighted by Crippen LogP contribution is -2.33. The van der Waals surface area contributed by atoms with Crippen molar-refractivity contribution in [2.75, 3.05) is 5.32 Å². The van der Waals surface area contributed by atoms with Crippen LogP contribution in [0.1, 0.15) is 43.0 Å². The van der Waals surface area contributed by atoms with E-state index >= 15 is 0 Å². The number of phenols is 1. The molecule has 0 amide bonds. The third-order valence-corrected chi connectivity index (χ3v) is 6.10. The van der Waals surface area contributed by atoms with E-state index in [4.69, 9.17) is 33.9 Å². The van der Waals surface area contributed by atoms with E-state index in [9.17, 15) is 9.90 Å². The van der Waals surface area contributed by atoms with Gasteiger partial charge in [0.1, 0.15) is 5.52 Å². The van der Waals surface area contributed by atoms with Gasteiger partial charge in [-0.25, -0.2) is 4.98 Å². The number of phenolic OH excluding ortho intramolecular Hbond substituents is 1. The van der Waals surface area contributed by atoms with Crippen molar-refractivity contribution in [3.63, 3.8) is 0 Å². The largest absolute Gasteiger partial charge is 0.505 e. The third kappa shape index (κ3) is 4.08. The number of aromatic nitrogens is 2. The summed E-state index contributed by atoms with van der Waals surface area (Å²) in [5.74, 6) is -0.247. The summed E-state index contributed by atoms with van der Waals surface area (Å²) in [4.78, 5) is 21.5. The molecule has 1 fully saturated rings. The average Bonchev–Trinajstić information content (AvgIpc) is 2.73. The maximum atomic E-state index is 12.3. The maximum absolute atomic E-state index is 12.3. The maximum Gasteiger partial charge on any atom is 0.163 e. The normalized spacial score (nSPS) is 19.1. The molecule has 3 aromatic rings. The zero-order chi connectivity index (χ0) is 21.4. The zero-order valence-electron chi connectivity index (χ0n) is 16.5. The minimum absolute atomic E-state index is 0.0812. The van der Waals surface area contributed by atoms with Crippen LogP contribution in [0.2, 0.25) is 10.0 Å². The van der Waals surface area contributed by atoms with Gasteiger partial charge in [0, 0.05) is 23.8 Å². The molecule has 4 rings (SSSR count). The Balaban J connectivity index is 1.82. The predicted octanol–water partition coefficient (Wildman–Crippen LogP) is 5.19. The molecule has 4 N–H and O–H groups in total. The molecule has 2 heterocycles. The van der Waals surface area contributed by atoms with E-state index < -0.39 is 0 Å². The highest BCUT2D eigenvalue weighted by Gasteiger charge is 2.22. The van der Waals surface area contributed by atoms with Crippen LogP contribution in [0.4, 0.5) is 5.69 Å². The third-order valence-electron chi connectivity index (χ3n) is 5.53. The summed E-state index contributed by atoms with van der Waals surface area (Å²) in [5, 5.41) is 13.7. The van der Waals surface area contributed by atoms with Crippen LogP contribution in [0.3, 0.4) is 0 Å². The molecule has 0 atom stereocenters. The van der Waals surface area contributed by atoms with Crippen LogP contribution in [0.25, 0.3) is 22.3 Å². The van der Waals surface area contributed by atoms with Crippen molar-refractivity contribution in [3.05, 3.63) is 46.1 Å². The minimum atomic E-state index is -0.165. The first kappa shape index (κ1) is 20.8. The number of rotatable bonds is 4. The number of nitrogens with zero attached hydrogens (tertiary/aromatic N) is 2. The molecule has 0 spiro atoms. The molecule has 2 aromatic heterocycles. The second-order valence-electron chi connectivity index (χ2n) is 7.71. The second kappa shape index (κ2) is 8.38. The standard InChI is InChI=1S/C22H22Cl2N4O2/c1-11(29)15-10-26-19-7-6-18(12-8-16(23)22(30)17(24)9-12)28-21(19)20(15)27-14-4-2-13(25)3-5-14/h6-10,13-14,30H,2-5,25H2,1H3,(H,26,27). The molecule has 6 nitrogen and oxygen atoms in total. The molecular weight excluding hydrogens is 423 g/mol. The fourth-order valence-electron chi connectivity index (χ4n) is 3.82. The highest BCUT2D eigenvalue weighted by atomic mass is 35.5. The van der Waals surface area contributed by atoms with Crippen molar-refractivity contribution in [3.8, 4) is 17.0 Å². The molecule has 8 heteroatoms. The lowest BCUT2D eigenvalue weighted by Gasteiger charge is -2.28. The summed E-state index contributed by atoms with van der Waals surface area (Å²) in [6.45, 7) is 1.52. The first-order chi connectivity index (χ1) is 14.3. The van der Waals surface area contributed by atoms with Gasteiger partial charge >= 0.3 is 0 Å². The van der Waals surface area contributed by atoms with Gasteiger partial charge in [-0.15, -0.1) is 0 Å². The van der Waals surface area contributed by atoms with E-state index in [1.54, 1.807) is 18.3 Å². The summed E-state index contributed by atoms with van der Waals surface area (Å²) < 4.78 is 0. The minimum Gasteiger partial charge on any atom is -0.505 e. The van der Waals surface area contributed by atoms with Gasteiger partial charge in [-0.05, 0) is 56.9 Å². The SMILES string of the molecule is CC(=O)c1cnc2ccc(-c3cc(Cl)c(O)c(Cl)c3)nc2c1NC1CCC(N)CC1. The average molecular weight is 445 g/mol. The van der Waals surface area contributed by atoms with Crippen molar-refractivity contribution >= 4 is 45.7 Å². The molecule has 156 valence electrons. The number of benzene rings is 1. The summed E-state index contributed by atoms with van der Waals surface area (Å²) in [6, 6.07) is 7.32. The Bertz CT molecular complexity index is 1100. The fourth-order valence-corrected chi connectivity index (χ4v) is 4.31. The van der Waals surface area contributed by atoms with Gasteiger partial charge in [-0.1, -0.05) is 23.2 Å². The topological polar surface area (TPSA) is 101 Å². The van der Waals surface area contributed by atoms with Gasteiger partial charge in [-0.2, -0.15) is 0 Å². The van der Waals surface area contributed by atoms with E-state index in [1.807, 2.05) is 12.1 Å². The molecule has 0 saturated heterocycles. The number of ketones is 1. The molecule has 0 unspecified atom stereocenters. The van der Waals surface area contributed by atoms with E-state index in [-0.39, 0.29) is 33.7 Å². The molecule has 1 saturated carbocycles. The molecule has 0 aliphatic heterocycles. The second-order valence-corrected chi connectivity index (χ2v) is 8.53. The highest BCUT2D eigenvalue weighted by Crippen LogP contribution is 2.37. The summed E-state index contributed by atoms with van der Waals surface area (Å²) >= 11 is 12.2. The van der Waals surface area contributed by atoms with Crippen LogP contribution in [-0.4, -0.2) is 32.9 Å². The molecule has 30 heavy (non-hydrogen) atoms. The number of aromatic hydroxyl groups is 1. The van der Waals surface area contributed by atoms with Gasteiger partial charge in [-0.3, -0.25) is 9.78 Å². The molecule has 1 aliphatic rings. The van der Waals surface area contributed by atoms with Gasteiger partial charge in [0.2, 0.25) is 0 Å². The number of hydrogen-bond acceptors (Lipinski definition) is 6. The highest BCUT2D eigenvalue weighted by molar-refractivity contribution is 6.37. The zero-order valence-corrected chi connectivity index (χ0v) is 18.0. The van der Waals surface area contributed by atoms with Crippen LogP contribution in [0, 0.1) is 0 Å². The van der Waals surface area contributed by atoms with Crippen LogP contribution in [0.5, 0.6) is 5.75 Å². The van der Waals surface area contributed by atoms with E-state index in [1.165, 1.54) is 6.92 Å². The molecular formula is C22H22Cl2N4O2. The lowest BCUT2D eigenvalue weighted by atomic mass is 9.91. The fraction of sp³-hybridized carbons (Fsp3) is 0.318. The van der Waals surface area contributed by atoms with Crippen molar-refractivity contribution in [1.82, 2.24) is 9.97 Å². The van der Waals surface area contributed by atoms with Crippen molar-refractivity contribution in [2.45, 2.75) is 44.7 Å². The first-order valence-corrected chi connectivity index (χ1v) is 10.6. The van der Waals surface area contributed by atoms with Gasteiger partial charge in [0.25, 0.3) is 0 Å². The van der Waals surface area contributed by atoms with Gasteiger partial charge < -0.3 is 16.2 Å². The van der Waals surface area contributed by atoms with Crippen molar-refractivity contribution < 1.29 is 9.90 Å². The van der Waals surface area contributed by atoms with Crippen molar-refractivity contribution in [1.29, 1.82) is 0 Å². The number of pyridine rings is 2. The molecule has 1 aromatic carbocycles. The Morgan fingerprint density at radius 1 is 1.17 bits per heavy atom. The number of Topliss-reactive ketones (excluding diaryl/α,β-unsaturated/α-hetero) is 1. The van der Waals surface area contributed by atoms with Crippen LogP contribution in [0.15, 0.2) is 30.5 Å². The predicted molar refractivity (Wildman–Crippen MR) is 121 cm³/mol. The number of halogens is 2. The molecule has 0 radical (unpaired) electrons. The Hall–Kier alpha value is -2.41. The summed E-state index contributed by atoms with van der Waals surface area (Å²) in [7, 11) is 0. The lowest BCUT2D eigenvalue weighted by molar-refractivity contribution is 0.101. The monoisotopic (exact) mass is 444 g/mol. The number of hydrogen-bond donors (Lipinski definition) is 3. The van der Waals surface area contributed by atoms with E-state index in [2.05, 4.69) is 10.3 Å². The quantitative estimate of drug-likeness (QED) is 0.478. The van der Waals surface area contributed by atoms with Crippen molar-refractivity contribution in [2.24, 2.45) is 5.73 Å². The first-order valence-electron chi connectivity index (χ1n) is 9.84. The Labute approximate surface area is 184 Å². The number of fused-ring (bicyclic) bond motifs is 1. The van der Waals surface area contributed by atoms with E-state index in [0.29, 0.717) is 33.5 Å². The number of nitrogens with one attached hydrogen (secondary N) is 1. The van der Waals surface area contributed by atoms with E-state index in [0.717, 1.165) is 25.7 Å². The smallest absolute Gasteiger partial charge is 0.163 e.